The molecule has 2 aliphatic rings. The van der Waals surface area contributed by atoms with Crippen LogP contribution in [0.15, 0.2) is 85.1 Å². The Hall–Kier alpha value is -5.22. The number of nitrogens with one attached hydrogen (secondary N) is 3. The van der Waals surface area contributed by atoms with Gasteiger partial charge in [-0.25, -0.2) is 14.5 Å². The summed E-state index contributed by atoms with van der Waals surface area (Å²) in [6.07, 6.45) is 8.78. The van der Waals surface area contributed by atoms with Crippen LogP contribution in [0.1, 0.15) is 63.6 Å². The van der Waals surface area contributed by atoms with Crippen LogP contribution in [0.25, 0.3) is 16.5 Å². The minimum absolute atomic E-state index is 0.0151. The number of hydrogen-bond donors (Lipinski definition) is 3. The van der Waals surface area contributed by atoms with Crippen molar-refractivity contribution in [2.45, 2.75) is 64.7 Å². The van der Waals surface area contributed by atoms with Crippen LogP contribution in [0, 0.1) is 24.7 Å². The number of benzene rings is 3. The maximum absolute atomic E-state index is 13.8. The van der Waals surface area contributed by atoms with Crippen LogP contribution in [-0.4, -0.2) is 40.4 Å². The second kappa shape index (κ2) is 14.6. The number of hydrogen-bond acceptors (Lipinski definition) is 6. The van der Waals surface area contributed by atoms with Gasteiger partial charge in [-0.05, 0) is 87.1 Å². The average Bonchev–Trinajstić information content (AvgIpc) is 3.53. The number of methoxy groups -OCH3 is 1. The van der Waals surface area contributed by atoms with Crippen molar-refractivity contribution in [3.05, 3.63) is 96.3 Å². The summed E-state index contributed by atoms with van der Waals surface area (Å²) in [5.41, 5.74) is 3.81. The summed E-state index contributed by atoms with van der Waals surface area (Å²) in [6, 6.07) is 24.8. The van der Waals surface area contributed by atoms with Gasteiger partial charge in [-0.3, -0.25) is 10.1 Å². The highest BCUT2D eigenvalue weighted by Gasteiger charge is 2.47. The maximum atomic E-state index is 13.8. The van der Waals surface area contributed by atoms with Gasteiger partial charge in [0.15, 0.2) is 0 Å². The molecule has 3 aromatic carbocycles. The zero-order valence-corrected chi connectivity index (χ0v) is 29.7. The molecule has 2 aliphatic carbocycles. The Morgan fingerprint density at radius 2 is 1.73 bits per heavy atom. The van der Waals surface area contributed by atoms with Crippen molar-refractivity contribution in [3.8, 4) is 17.2 Å². The first-order chi connectivity index (χ1) is 24.7. The Bertz CT molecular complexity index is 2040. The number of nitrogens with zero attached hydrogens (tertiary/aromatic N) is 3. The van der Waals surface area contributed by atoms with Crippen LogP contribution in [0.5, 0.6) is 11.5 Å². The number of carbonyl (C=O) groups is 2. The largest absolute Gasteiger partial charge is 0.457 e. The van der Waals surface area contributed by atoms with Gasteiger partial charge in [0.05, 0.1) is 17.1 Å². The molecule has 4 atom stereocenters. The van der Waals surface area contributed by atoms with Crippen molar-refractivity contribution >= 4 is 40.0 Å². The number of aromatic nitrogens is 3. The molecule has 2 saturated carbocycles. The van der Waals surface area contributed by atoms with E-state index in [0.29, 0.717) is 40.7 Å². The Balaban J connectivity index is 1.15. The van der Waals surface area contributed by atoms with Crippen molar-refractivity contribution in [1.82, 2.24) is 14.8 Å². The quantitative estimate of drug-likeness (QED) is 0.135. The van der Waals surface area contributed by atoms with Crippen molar-refractivity contribution in [1.29, 1.82) is 0 Å². The zero-order valence-electron chi connectivity index (χ0n) is 29.7. The smallest absolute Gasteiger partial charge is 0.324 e. The highest BCUT2D eigenvalue weighted by atomic mass is 16.5. The van der Waals surface area contributed by atoms with Gasteiger partial charge in [-0.2, -0.15) is 5.10 Å². The highest BCUT2D eigenvalue weighted by molar-refractivity contribution is 6.07. The molecule has 0 spiro atoms. The van der Waals surface area contributed by atoms with E-state index in [1.165, 1.54) is 26.4 Å². The average molecular weight is 687 g/mol. The zero-order chi connectivity index (χ0) is 35.5. The van der Waals surface area contributed by atoms with Crippen molar-refractivity contribution in [2.75, 3.05) is 29.7 Å². The number of pyridine rings is 1. The Morgan fingerprint density at radius 1 is 0.922 bits per heavy atom. The fourth-order valence-corrected chi connectivity index (χ4v) is 8.45. The third-order valence-corrected chi connectivity index (χ3v) is 10.5. The second-order valence-corrected chi connectivity index (χ2v) is 14.5. The van der Waals surface area contributed by atoms with E-state index < -0.39 is 0 Å². The van der Waals surface area contributed by atoms with Gasteiger partial charge in [0.1, 0.15) is 29.7 Å². The lowest BCUT2D eigenvalue weighted by Crippen LogP contribution is -2.43. The van der Waals surface area contributed by atoms with Gasteiger partial charge in [-0.15, -0.1) is 0 Å². The van der Waals surface area contributed by atoms with Crippen LogP contribution >= 0.6 is 0 Å². The number of urea groups is 1. The lowest BCUT2D eigenvalue weighted by atomic mass is 9.55. The highest BCUT2D eigenvalue weighted by Crippen LogP contribution is 2.54. The first-order valence-corrected chi connectivity index (χ1v) is 17.9. The molecule has 2 fully saturated rings. The van der Waals surface area contributed by atoms with Crippen LogP contribution in [-0.2, 0) is 14.9 Å². The van der Waals surface area contributed by atoms with Gasteiger partial charge < -0.3 is 20.1 Å². The standard InChI is InChI=1S/C41H46N6O4/c1-5-28-19-29-18-27(3)22-41(23-28,24-29)36-21-38(47(46-36)30-12-10-26(2)11-13-30)45-40(49)43-34-14-15-35(33-9-7-6-8-32(33)34)51-31-16-17-42-37(20-31)44-39(48)25-50-4/h6-17,20-21,27-29H,5,18-19,22-25H2,1-4H3,(H,42,44,48)(H2,43,45,49). The van der Waals surface area contributed by atoms with E-state index >= 15 is 0 Å². The summed E-state index contributed by atoms with van der Waals surface area (Å²) in [4.78, 5) is 30.0. The minimum atomic E-state index is -0.360. The number of amides is 3. The third-order valence-electron chi connectivity index (χ3n) is 10.5. The fraction of sp³-hybridized carbons (Fsp3) is 0.366. The number of rotatable bonds is 10. The SMILES string of the molecule is CCC1CC2CC(C)CC(c3cc(NC(=O)Nc4ccc(Oc5ccnc(NC(=O)COC)c5)c5ccccc45)n(-c4ccc(C)cc4)n3)(C1)C2. The predicted octanol–water partition coefficient (Wildman–Crippen LogP) is 9.24. The molecule has 4 unspecified atom stereocenters. The fourth-order valence-electron chi connectivity index (χ4n) is 8.45. The van der Waals surface area contributed by atoms with E-state index in [1.54, 1.807) is 18.3 Å². The van der Waals surface area contributed by atoms with E-state index in [4.69, 9.17) is 14.6 Å². The molecule has 0 saturated heterocycles. The molecule has 10 heteroatoms. The number of fused-ring (bicyclic) bond motifs is 3. The topological polar surface area (TPSA) is 119 Å². The molecular formula is C41H46N6O4. The maximum Gasteiger partial charge on any atom is 0.324 e. The van der Waals surface area contributed by atoms with Gasteiger partial charge in [0.2, 0.25) is 0 Å². The summed E-state index contributed by atoms with van der Waals surface area (Å²) in [5.74, 6) is 3.85. The van der Waals surface area contributed by atoms with Gasteiger partial charge >= 0.3 is 6.03 Å². The van der Waals surface area contributed by atoms with Crippen LogP contribution in [0.3, 0.4) is 0 Å². The summed E-state index contributed by atoms with van der Waals surface area (Å²) >= 11 is 0. The van der Waals surface area contributed by atoms with E-state index in [-0.39, 0.29) is 24.0 Å². The van der Waals surface area contributed by atoms with Crippen molar-refractivity contribution in [2.24, 2.45) is 17.8 Å². The molecule has 51 heavy (non-hydrogen) atoms. The molecule has 3 amide bonds. The first-order valence-electron chi connectivity index (χ1n) is 17.9. The van der Waals surface area contributed by atoms with Crippen LogP contribution in [0.4, 0.5) is 22.1 Å². The minimum Gasteiger partial charge on any atom is -0.457 e. The third kappa shape index (κ3) is 7.46. The number of anilines is 3. The summed E-state index contributed by atoms with van der Waals surface area (Å²) < 4.78 is 13.0. The molecular weight excluding hydrogens is 640 g/mol. The molecule has 0 aliphatic heterocycles. The first kappa shape index (κ1) is 34.2. The molecule has 0 radical (unpaired) electrons. The van der Waals surface area contributed by atoms with E-state index in [0.717, 1.165) is 52.9 Å². The molecule has 5 aromatic rings. The molecule has 10 nitrogen and oxygen atoms in total. The van der Waals surface area contributed by atoms with E-state index in [1.807, 2.05) is 41.1 Å². The Morgan fingerprint density at radius 3 is 2.51 bits per heavy atom. The molecule has 2 heterocycles. The lowest BCUT2D eigenvalue weighted by Gasteiger charge is -2.49. The van der Waals surface area contributed by atoms with Crippen LogP contribution < -0.4 is 20.7 Å². The summed E-state index contributed by atoms with van der Waals surface area (Å²) in [5, 5.41) is 15.8. The summed E-state index contributed by atoms with van der Waals surface area (Å²) in [6.45, 7) is 6.69. The van der Waals surface area contributed by atoms with Crippen molar-refractivity contribution in [3.63, 3.8) is 0 Å². The van der Waals surface area contributed by atoms with Gasteiger partial charge in [0.25, 0.3) is 5.91 Å². The second-order valence-electron chi connectivity index (χ2n) is 14.5. The molecule has 7 rings (SSSR count). The monoisotopic (exact) mass is 686 g/mol. The number of aryl methyl sites for hydroxylation is 1. The number of ether oxygens (including phenoxy) is 2. The van der Waals surface area contributed by atoms with Crippen molar-refractivity contribution < 1.29 is 19.1 Å². The Labute approximate surface area is 299 Å². The Kier molecular flexibility index (Phi) is 9.77. The van der Waals surface area contributed by atoms with Crippen LogP contribution in [0.2, 0.25) is 0 Å². The normalized spacial score (nSPS) is 21.2. The molecule has 3 N–H and O–H groups in total. The van der Waals surface area contributed by atoms with Gasteiger partial charge in [0, 0.05) is 41.6 Å². The summed E-state index contributed by atoms with van der Waals surface area (Å²) in [7, 11) is 1.46. The lowest BCUT2D eigenvalue weighted by molar-refractivity contribution is -0.119. The van der Waals surface area contributed by atoms with E-state index in [9.17, 15) is 9.59 Å². The number of carbonyl (C=O) groups excluding carboxylic acids is 2. The molecule has 2 bridgehead atoms. The molecule has 264 valence electrons. The predicted molar refractivity (Wildman–Crippen MR) is 201 cm³/mol. The van der Waals surface area contributed by atoms with E-state index in [2.05, 4.69) is 72.0 Å². The molecule has 2 aromatic heterocycles. The van der Waals surface area contributed by atoms with Gasteiger partial charge in [-0.1, -0.05) is 62.2 Å².